The topological polar surface area (TPSA) is 55.4 Å². The lowest BCUT2D eigenvalue weighted by Gasteiger charge is -2.09. The van der Waals surface area contributed by atoms with E-state index < -0.39 is 17.7 Å². The lowest BCUT2D eigenvalue weighted by molar-refractivity contribution is -0.113. The van der Waals surface area contributed by atoms with Crippen molar-refractivity contribution >= 4 is 29.2 Å². The number of methoxy groups -OCH3 is 1. The van der Waals surface area contributed by atoms with Crippen LogP contribution in [-0.2, 0) is 9.53 Å². The Labute approximate surface area is 96.3 Å². The maximum atomic E-state index is 13.4. The number of amides is 1. The molecule has 0 heterocycles. The van der Waals surface area contributed by atoms with Crippen molar-refractivity contribution in [3.05, 3.63) is 29.6 Å². The molecule has 1 amide bonds. The highest BCUT2D eigenvalue weighted by molar-refractivity contribution is 6.29. The molecule has 4 nitrogen and oxygen atoms in total. The van der Waals surface area contributed by atoms with E-state index >= 15 is 0 Å². The number of benzene rings is 1. The molecule has 0 radical (unpaired) electrons. The normalized spacial score (nSPS) is 9.69. The first kappa shape index (κ1) is 12.4. The molecular weight excluding hydrogens is 237 g/mol. The summed E-state index contributed by atoms with van der Waals surface area (Å²) >= 11 is 5.27. The second-order valence-electron chi connectivity index (χ2n) is 2.84. The van der Waals surface area contributed by atoms with E-state index in [1.807, 2.05) is 0 Å². The first-order chi connectivity index (χ1) is 7.60. The Morgan fingerprint density at radius 1 is 1.50 bits per heavy atom. The van der Waals surface area contributed by atoms with E-state index in [1.165, 1.54) is 19.2 Å². The van der Waals surface area contributed by atoms with Gasteiger partial charge in [0.1, 0.15) is 11.7 Å². The number of alkyl halides is 1. The van der Waals surface area contributed by atoms with Crippen molar-refractivity contribution in [1.29, 1.82) is 0 Å². The number of halogens is 2. The molecule has 1 rings (SSSR count). The maximum Gasteiger partial charge on any atom is 0.340 e. The Morgan fingerprint density at radius 3 is 2.75 bits per heavy atom. The molecule has 16 heavy (non-hydrogen) atoms. The van der Waals surface area contributed by atoms with Gasteiger partial charge in [-0.2, -0.15) is 0 Å². The molecule has 0 aliphatic rings. The van der Waals surface area contributed by atoms with Crippen molar-refractivity contribution < 1.29 is 18.7 Å². The van der Waals surface area contributed by atoms with Crippen LogP contribution in [0.3, 0.4) is 0 Å². The van der Waals surface area contributed by atoms with Gasteiger partial charge in [0.15, 0.2) is 0 Å². The lowest BCUT2D eigenvalue weighted by atomic mass is 10.1. The molecule has 0 aromatic heterocycles. The molecule has 1 N–H and O–H groups in total. The molecule has 0 spiro atoms. The fourth-order valence-electron chi connectivity index (χ4n) is 1.10. The van der Waals surface area contributed by atoms with Gasteiger partial charge in [0.25, 0.3) is 0 Å². The highest BCUT2D eigenvalue weighted by atomic mass is 35.5. The van der Waals surface area contributed by atoms with Crippen molar-refractivity contribution in [2.75, 3.05) is 18.3 Å². The third kappa shape index (κ3) is 2.70. The summed E-state index contributed by atoms with van der Waals surface area (Å²) in [7, 11) is 1.17. The monoisotopic (exact) mass is 245 g/mol. The average molecular weight is 246 g/mol. The molecule has 0 aliphatic heterocycles. The van der Waals surface area contributed by atoms with Gasteiger partial charge in [-0.1, -0.05) is 6.07 Å². The number of nitrogens with one attached hydrogen (secondary N) is 1. The Hall–Kier alpha value is -1.62. The van der Waals surface area contributed by atoms with Gasteiger partial charge in [0, 0.05) is 0 Å². The van der Waals surface area contributed by atoms with Crippen LogP contribution < -0.4 is 5.32 Å². The van der Waals surface area contributed by atoms with Crippen LogP contribution >= 0.6 is 11.6 Å². The zero-order chi connectivity index (χ0) is 12.1. The van der Waals surface area contributed by atoms with Crippen LogP contribution in [0.1, 0.15) is 10.4 Å². The number of hydrogen-bond donors (Lipinski definition) is 1. The lowest BCUT2D eigenvalue weighted by Crippen LogP contribution is -2.17. The zero-order valence-electron chi connectivity index (χ0n) is 8.42. The van der Waals surface area contributed by atoms with Crippen molar-refractivity contribution in [2.45, 2.75) is 0 Å². The van der Waals surface area contributed by atoms with E-state index in [0.29, 0.717) is 0 Å². The van der Waals surface area contributed by atoms with Crippen LogP contribution in [-0.4, -0.2) is 24.9 Å². The second kappa shape index (κ2) is 5.46. The van der Waals surface area contributed by atoms with E-state index in [9.17, 15) is 14.0 Å². The summed E-state index contributed by atoms with van der Waals surface area (Å²) in [5, 5.41) is 2.20. The number of carbonyl (C=O) groups is 2. The number of hydrogen-bond acceptors (Lipinski definition) is 3. The first-order valence-corrected chi connectivity index (χ1v) is 4.86. The molecule has 0 saturated heterocycles. The molecule has 0 unspecified atom stereocenters. The number of rotatable bonds is 3. The molecule has 1 aromatic rings. The van der Waals surface area contributed by atoms with Crippen molar-refractivity contribution in [3.63, 3.8) is 0 Å². The van der Waals surface area contributed by atoms with E-state index in [2.05, 4.69) is 10.1 Å². The molecule has 86 valence electrons. The predicted molar refractivity (Wildman–Crippen MR) is 57.1 cm³/mol. The summed E-state index contributed by atoms with van der Waals surface area (Å²) in [6.45, 7) is 0. The minimum Gasteiger partial charge on any atom is -0.465 e. The predicted octanol–water partition coefficient (Wildman–Crippen LogP) is 1.79. The standard InChI is InChI=1S/C10H9ClFNO3/c1-16-10(15)6-3-2-4-7(12)9(6)13-8(14)5-11/h2-4H,5H2,1H3,(H,13,14). The summed E-state index contributed by atoms with van der Waals surface area (Å²) < 4.78 is 17.8. The molecule has 0 atom stereocenters. The Bertz CT molecular complexity index is 423. The van der Waals surface area contributed by atoms with E-state index in [1.54, 1.807) is 0 Å². The van der Waals surface area contributed by atoms with Crippen LogP contribution in [0.25, 0.3) is 0 Å². The second-order valence-corrected chi connectivity index (χ2v) is 3.10. The smallest absolute Gasteiger partial charge is 0.340 e. The summed E-state index contributed by atoms with van der Waals surface area (Å²) in [4.78, 5) is 22.3. The number of anilines is 1. The minimum atomic E-state index is -0.732. The van der Waals surface area contributed by atoms with Crippen molar-refractivity contribution in [3.8, 4) is 0 Å². The molecule has 1 aromatic carbocycles. The molecule has 0 fully saturated rings. The maximum absolute atomic E-state index is 13.4. The Kier molecular flexibility index (Phi) is 4.25. The van der Waals surface area contributed by atoms with E-state index in [0.717, 1.165) is 6.07 Å². The third-order valence-electron chi connectivity index (χ3n) is 1.80. The van der Waals surface area contributed by atoms with Crippen LogP contribution in [0.4, 0.5) is 10.1 Å². The van der Waals surface area contributed by atoms with Crippen LogP contribution in [0.5, 0.6) is 0 Å². The molecule has 0 aliphatic carbocycles. The van der Waals surface area contributed by atoms with Crippen LogP contribution in [0, 0.1) is 5.82 Å². The molecule has 0 bridgehead atoms. The van der Waals surface area contributed by atoms with Gasteiger partial charge in [-0.15, -0.1) is 11.6 Å². The Balaban J connectivity index is 3.13. The van der Waals surface area contributed by atoms with Crippen molar-refractivity contribution in [2.24, 2.45) is 0 Å². The van der Waals surface area contributed by atoms with Crippen molar-refractivity contribution in [1.82, 2.24) is 0 Å². The molecule has 0 saturated carbocycles. The number of carbonyl (C=O) groups excluding carboxylic acids is 2. The van der Waals surface area contributed by atoms with Gasteiger partial charge in [0.2, 0.25) is 5.91 Å². The Morgan fingerprint density at radius 2 is 2.19 bits per heavy atom. The fraction of sp³-hybridized carbons (Fsp3) is 0.200. The van der Waals surface area contributed by atoms with Gasteiger partial charge >= 0.3 is 5.97 Å². The summed E-state index contributed by atoms with van der Waals surface area (Å²) in [5.74, 6) is -2.38. The highest BCUT2D eigenvalue weighted by Gasteiger charge is 2.17. The average Bonchev–Trinajstić information content (AvgIpc) is 2.30. The van der Waals surface area contributed by atoms with Gasteiger partial charge in [-0.25, -0.2) is 9.18 Å². The summed E-state index contributed by atoms with van der Waals surface area (Å²) in [6.07, 6.45) is 0. The zero-order valence-corrected chi connectivity index (χ0v) is 9.18. The molecular formula is C10H9ClFNO3. The fourth-order valence-corrected chi connectivity index (χ4v) is 1.17. The quantitative estimate of drug-likeness (QED) is 0.653. The number of esters is 1. The van der Waals surface area contributed by atoms with Crippen LogP contribution in [0.2, 0.25) is 0 Å². The van der Waals surface area contributed by atoms with E-state index in [-0.39, 0.29) is 17.1 Å². The summed E-state index contributed by atoms with van der Waals surface area (Å²) in [5.41, 5.74) is -0.277. The van der Waals surface area contributed by atoms with Gasteiger partial charge < -0.3 is 10.1 Å². The minimum absolute atomic E-state index is 0.0547. The molecule has 6 heteroatoms. The van der Waals surface area contributed by atoms with Crippen LogP contribution in [0.15, 0.2) is 18.2 Å². The van der Waals surface area contributed by atoms with Gasteiger partial charge in [0.05, 0.1) is 18.4 Å². The van der Waals surface area contributed by atoms with Gasteiger partial charge in [-0.05, 0) is 12.1 Å². The first-order valence-electron chi connectivity index (χ1n) is 4.32. The number of para-hydroxylation sites is 1. The highest BCUT2D eigenvalue weighted by Crippen LogP contribution is 2.20. The SMILES string of the molecule is COC(=O)c1cccc(F)c1NC(=O)CCl. The van der Waals surface area contributed by atoms with E-state index in [4.69, 9.17) is 11.6 Å². The third-order valence-corrected chi connectivity index (χ3v) is 2.05. The van der Waals surface area contributed by atoms with Gasteiger partial charge in [-0.3, -0.25) is 4.79 Å². The summed E-state index contributed by atoms with van der Waals surface area (Å²) in [6, 6.07) is 3.81. The number of ether oxygens (including phenoxy) is 1. The largest absolute Gasteiger partial charge is 0.465 e.